The zero-order valence-electron chi connectivity index (χ0n) is 15.2. The Morgan fingerprint density at radius 2 is 1.56 bits per heavy atom. The van der Waals surface area contributed by atoms with Crippen LogP contribution in [0.15, 0.2) is 24.3 Å². The predicted molar refractivity (Wildman–Crippen MR) is 90.8 cm³/mol. The van der Waals surface area contributed by atoms with Gasteiger partial charge in [0.2, 0.25) is 0 Å². The zero-order chi connectivity index (χ0) is 20.2. The number of esters is 2. The minimum Gasteiger partial charge on any atom is -0.477 e. The van der Waals surface area contributed by atoms with Crippen LogP contribution in [0.4, 0.5) is 8.78 Å². The van der Waals surface area contributed by atoms with Crippen LogP contribution in [-0.4, -0.2) is 41.1 Å². The first-order chi connectivity index (χ1) is 12.6. The molecular weight excluding hydrogens is 362 g/mol. The van der Waals surface area contributed by atoms with Crippen LogP contribution < -0.4 is 0 Å². The lowest BCUT2D eigenvalue weighted by Crippen LogP contribution is -2.37. The summed E-state index contributed by atoms with van der Waals surface area (Å²) >= 11 is 0. The number of benzene rings is 1. The third-order valence-corrected chi connectivity index (χ3v) is 4.85. The summed E-state index contributed by atoms with van der Waals surface area (Å²) in [5, 5.41) is 8.31. The van der Waals surface area contributed by atoms with Crippen LogP contribution in [0.5, 0.6) is 0 Å². The Balaban J connectivity index is 2.01. The third kappa shape index (κ3) is 4.81. The van der Waals surface area contributed by atoms with E-state index in [2.05, 4.69) is 4.74 Å². The molecular formula is C19H22F2O6. The van der Waals surface area contributed by atoms with Crippen molar-refractivity contribution in [2.45, 2.75) is 51.1 Å². The van der Waals surface area contributed by atoms with E-state index in [0.29, 0.717) is 0 Å². The van der Waals surface area contributed by atoms with Gasteiger partial charge in [-0.05, 0) is 55.9 Å². The molecule has 27 heavy (non-hydrogen) atoms. The summed E-state index contributed by atoms with van der Waals surface area (Å²) in [6.45, 7) is 2.44. The van der Waals surface area contributed by atoms with Crippen molar-refractivity contribution in [2.75, 3.05) is 6.61 Å². The van der Waals surface area contributed by atoms with Gasteiger partial charge in [-0.15, -0.1) is 0 Å². The molecule has 2 rings (SSSR count). The zero-order valence-corrected chi connectivity index (χ0v) is 15.2. The highest BCUT2D eigenvalue weighted by Crippen LogP contribution is 2.39. The number of carbonyl (C=O) groups is 3. The molecule has 1 aliphatic carbocycles. The lowest BCUT2D eigenvalue weighted by Gasteiger charge is -2.33. The molecule has 1 saturated carbocycles. The number of rotatable bonds is 7. The maximum Gasteiger partial charge on any atom is 0.378 e. The summed E-state index contributed by atoms with van der Waals surface area (Å²) in [5.41, 5.74) is -0.335. The molecule has 0 atom stereocenters. The number of hydrogen-bond donors (Lipinski definition) is 1. The summed E-state index contributed by atoms with van der Waals surface area (Å²) in [7, 11) is 0. The standard InChI is InChI=1S/C19H22F2O6/c1-12(2)18(9-3-4-10-18)27-16(23)14-7-5-13(6-8-14)15(22)26-11-19(20,21)17(24)25/h5-8,12H,3-4,9-11H2,1-2H3,(H,24,25). The van der Waals surface area contributed by atoms with E-state index in [9.17, 15) is 23.2 Å². The maximum atomic E-state index is 12.9. The van der Waals surface area contributed by atoms with Gasteiger partial charge in [-0.2, -0.15) is 8.78 Å². The van der Waals surface area contributed by atoms with Gasteiger partial charge in [-0.3, -0.25) is 0 Å². The first kappa shape index (κ1) is 20.8. The maximum absolute atomic E-state index is 12.9. The van der Waals surface area contributed by atoms with Gasteiger partial charge in [-0.1, -0.05) is 13.8 Å². The quantitative estimate of drug-likeness (QED) is 0.721. The number of carboxylic acid groups (broad SMARTS) is 1. The van der Waals surface area contributed by atoms with Crippen LogP contribution in [0.25, 0.3) is 0 Å². The Morgan fingerprint density at radius 1 is 1.07 bits per heavy atom. The number of carboxylic acids is 1. The molecule has 0 aromatic heterocycles. The summed E-state index contributed by atoms with van der Waals surface area (Å²) in [6, 6.07) is 5.18. The summed E-state index contributed by atoms with van der Waals surface area (Å²) in [4.78, 5) is 34.5. The third-order valence-electron chi connectivity index (χ3n) is 4.85. The molecule has 148 valence electrons. The predicted octanol–water partition coefficient (Wildman–Crippen LogP) is 3.69. The highest BCUT2D eigenvalue weighted by molar-refractivity contribution is 5.93. The van der Waals surface area contributed by atoms with Crippen molar-refractivity contribution in [3.63, 3.8) is 0 Å². The Labute approximate surface area is 155 Å². The van der Waals surface area contributed by atoms with Gasteiger partial charge in [0, 0.05) is 0 Å². The normalized spacial score (nSPS) is 16.2. The van der Waals surface area contributed by atoms with Crippen LogP contribution >= 0.6 is 0 Å². The molecule has 1 aromatic rings. The lowest BCUT2D eigenvalue weighted by atomic mass is 9.88. The van der Waals surface area contributed by atoms with Gasteiger partial charge < -0.3 is 14.6 Å². The number of alkyl halides is 2. The minimum absolute atomic E-state index is 0.0767. The number of halogens is 2. The van der Waals surface area contributed by atoms with Gasteiger partial charge in [0.25, 0.3) is 0 Å². The molecule has 1 aliphatic rings. The molecule has 6 nitrogen and oxygen atoms in total. The highest BCUT2D eigenvalue weighted by Gasteiger charge is 2.41. The fourth-order valence-corrected chi connectivity index (χ4v) is 3.06. The van der Waals surface area contributed by atoms with Crippen molar-refractivity contribution in [3.05, 3.63) is 35.4 Å². The average molecular weight is 384 g/mol. The highest BCUT2D eigenvalue weighted by atomic mass is 19.3. The Hall–Kier alpha value is -2.51. The first-order valence-corrected chi connectivity index (χ1v) is 8.69. The van der Waals surface area contributed by atoms with E-state index in [0.717, 1.165) is 25.7 Å². The fraction of sp³-hybridized carbons (Fsp3) is 0.526. The Morgan fingerprint density at radius 3 is 2.00 bits per heavy atom. The van der Waals surface area contributed by atoms with Crippen LogP contribution in [0.3, 0.4) is 0 Å². The van der Waals surface area contributed by atoms with Crippen molar-refractivity contribution in [1.29, 1.82) is 0 Å². The van der Waals surface area contributed by atoms with E-state index >= 15 is 0 Å². The van der Waals surface area contributed by atoms with Crippen molar-refractivity contribution >= 4 is 17.9 Å². The van der Waals surface area contributed by atoms with E-state index in [1.165, 1.54) is 24.3 Å². The molecule has 0 spiro atoms. The van der Waals surface area contributed by atoms with Crippen LogP contribution in [0, 0.1) is 5.92 Å². The van der Waals surface area contributed by atoms with E-state index in [4.69, 9.17) is 9.84 Å². The van der Waals surface area contributed by atoms with Gasteiger partial charge in [-0.25, -0.2) is 14.4 Å². The SMILES string of the molecule is CC(C)C1(OC(=O)c2ccc(C(=O)OCC(F)(F)C(=O)O)cc2)CCCC1. The number of hydrogen-bond acceptors (Lipinski definition) is 5. The fourth-order valence-electron chi connectivity index (χ4n) is 3.06. The lowest BCUT2D eigenvalue weighted by molar-refractivity contribution is -0.170. The first-order valence-electron chi connectivity index (χ1n) is 8.69. The minimum atomic E-state index is -4.16. The van der Waals surface area contributed by atoms with Crippen LogP contribution in [0.2, 0.25) is 0 Å². The molecule has 1 aromatic carbocycles. The molecule has 0 radical (unpaired) electrons. The number of carbonyl (C=O) groups excluding carboxylic acids is 2. The van der Waals surface area contributed by atoms with E-state index < -0.39 is 36.0 Å². The van der Waals surface area contributed by atoms with Crippen molar-refractivity contribution in [3.8, 4) is 0 Å². The second-order valence-electron chi connectivity index (χ2n) is 6.98. The summed E-state index contributed by atoms with van der Waals surface area (Å²) in [6.07, 6.45) is 3.60. The van der Waals surface area contributed by atoms with Gasteiger partial charge in [0.05, 0.1) is 11.1 Å². The topological polar surface area (TPSA) is 89.9 Å². The molecule has 0 saturated heterocycles. The molecule has 0 bridgehead atoms. The van der Waals surface area contributed by atoms with Gasteiger partial charge in [0.1, 0.15) is 5.60 Å². The van der Waals surface area contributed by atoms with Crippen molar-refractivity contribution in [1.82, 2.24) is 0 Å². The van der Waals surface area contributed by atoms with E-state index in [1.807, 2.05) is 13.8 Å². The molecule has 8 heteroatoms. The number of aliphatic carboxylic acids is 1. The molecule has 1 N–H and O–H groups in total. The van der Waals surface area contributed by atoms with E-state index in [1.54, 1.807) is 0 Å². The van der Waals surface area contributed by atoms with Crippen molar-refractivity contribution in [2.24, 2.45) is 5.92 Å². The van der Waals surface area contributed by atoms with Gasteiger partial charge >= 0.3 is 23.8 Å². The second-order valence-corrected chi connectivity index (χ2v) is 6.98. The van der Waals surface area contributed by atoms with Crippen LogP contribution in [0.1, 0.15) is 60.2 Å². The molecule has 0 aliphatic heterocycles. The summed E-state index contributed by atoms with van der Waals surface area (Å²) < 4.78 is 36.0. The van der Waals surface area contributed by atoms with Gasteiger partial charge in [0.15, 0.2) is 6.61 Å². The van der Waals surface area contributed by atoms with E-state index in [-0.39, 0.29) is 17.0 Å². The Kier molecular flexibility index (Phi) is 6.18. The van der Waals surface area contributed by atoms with Crippen LogP contribution in [-0.2, 0) is 14.3 Å². The second kappa shape index (κ2) is 8.02. The number of ether oxygens (including phenoxy) is 2. The largest absolute Gasteiger partial charge is 0.477 e. The smallest absolute Gasteiger partial charge is 0.378 e. The molecule has 0 heterocycles. The monoisotopic (exact) mass is 384 g/mol. The molecule has 1 fully saturated rings. The Bertz CT molecular complexity index is 705. The molecule has 0 unspecified atom stereocenters. The van der Waals surface area contributed by atoms with Crippen molar-refractivity contribution < 1.29 is 37.7 Å². The average Bonchev–Trinajstić information content (AvgIpc) is 3.09. The summed E-state index contributed by atoms with van der Waals surface area (Å²) in [5.74, 6) is -7.98. The molecule has 0 amide bonds.